The Morgan fingerprint density at radius 1 is 1.53 bits per heavy atom. The van der Waals surface area contributed by atoms with E-state index in [9.17, 15) is 4.39 Å². The van der Waals surface area contributed by atoms with Crippen molar-refractivity contribution in [2.24, 2.45) is 7.05 Å². The van der Waals surface area contributed by atoms with Gasteiger partial charge in [-0.2, -0.15) is 5.10 Å². The van der Waals surface area contributed by atoms with Gasteiger partial charge in [0.25, 0.3) is 0 Å². The summed E-state index contributed by atoms with van der Waals surface area (Å²) in [4.78, 5) is 0. The average molecular weight is 394 g/mol. The van der Waals surface area contributed by atoms with Crippen LogP contribution in [0.2, 0.25) is 5.02 Å². The summed E-state index contributed by atoms with van der Waals surface area (Å²) in [5, 5.41) is 8.14. The van der Waals surface area contributed by atoms with E-state index in [1.807, 2.05) is 14.0 Å². The van der Waals surface area contributed by atoms with E-state index < -0.39 is 0 Å². The van der Waals surface area contributed by atoms with Crippen LogP contribution in [0.15, 0.2) is 24.4 Å². The first kappa shape index (κ1) is 14.7. The van der Waals surface area contributed by atoms with Gasteiger partial charge in [-0.3, -0.25) is 4.68 Å². The molecule has 3 nitrogen and oxygen atoms in total. The molecule has 1 heterocycles. The average Bonchev–Trinajstić information content (AvgIpc) is 2.67. The maximum atomic E-state index is 13.2. The van der Waals surface area contributed by atoms with Crippen molar-refractivity contribution in [3.05, 3.63) is 50.1 Å². The minimum Gasteiger partial charge on any atom is -0.305 e. The summed E-state index contributed by atoms with van der Waals surface area (Å²) in [5.74, 6) is -0.237. The molecule has 0 spiro atoms. The maximum absolute atomic E-state index is 13.2. The van der Waals surface area contributed by atoms with E-state index >= 15 is 0 Å². The van der Waals surface area contributed by atoms with E-state index in [4.69, 9.17) is 11.6 Å². The van der Waals surface area contributed by atoms with E-state index in [0.29, 0.717) is 5.02 Å². The highest BCUT2D eigenvalue weighted by molar-refractivity contribution is 14.1. The van der Waals surface area contributed by atoms with Gasteiger partial charge in [-0.05, 0) is 46.8 Å². The molecule has 6 heteroatoms. The lowest BCUT2D eigenvalue weighted by atomic mass is 10.0. The first-order valence-electron chi connectivity index (χ1n) is 5.90. The predicted octanol–water partition coefficient (Wildman–Crippen LogP) is 3.52. The third-order valence-corrected chi connectivity index (χ3v) is 4.12. The molecule has 0 aliphatic heterocycles. The number of nitrogens with zero attached hydrogens (tertiary/aromatic N) is 2. The van der Waals surface area contributed by atoms with E-state index in [0.717, 1.165) is 21.4 Å². The second-order valence-electron chi connectivity index (χ2n) is 4.16. The number of aromatic nitrogens is 2. The monoisotopic (exact) mass is 393 g/mol. The number of hydrogen-bond acceptors (Lipinski definition) is 2. The van der Waals surface area contributed by atoms with Gasteiger partial charge in [-0.25, -0.2) is 4.39 Å². The molecule has 1 atom stereocenters. The molecule has 1 aromatic carbocycles. The van der Waals surface area contributed by atoms with Crippen LogP contribution in [-0.2, 0) is 7.05 Å². The molecule has 0 aliphatic rings. The van der Waals surface area contributed by atoms with Crippen molar-refractivity contribution < 1.29 is 4.39 Å². The fourth-order valence-corrected chi connectivity index (χ4v) is 3.10. The molecule has 102 valence electrons. The third-order valence-electron chi connectivity index (χ3n) is 2.89. The van der Waals surface area contributed by atoms with Crippen LogP contribution in [0.3, 0.4) is 0 Å². The highest BCUT2D eigenvalue weighted by Gasteiger charge is 2.22. The van der Waals surface area contributed by atoms with Crippen molar-refractivity contribution >= 4 is 34.2 Å². The molecule has 1 aromatic heterocycles. The molecule has 2 rings (SSSR count). The Balaban J connectivity index is 2.51. The highest BCUT2D eigenvalue weighted by atomic mass is 127. The number of nitrogens with one attached hydrogen (secondary N) is 1. The molecule has 0 amide bonds. The summed E-state index contributed by atoms with van der Waals surface area (Å²) in [6, 6.07) is 4.67. The van der Waals surface area contributed by atoms with Gasteiger partial charge in [-0.1, -0.05) is 24.6 Å². The van der Waals surface area contributed by atoms with Crippen LogP contribution in [0.25, 0.3) is 0 Å². The van der Waals surface area contributed by atoms with Crippen molar-refractivity contribution in [3.63, 3.8) is 0 Å². The van der Waals surface area contributed by atoms with Gasteiger partial charge in [0.2, 0.25) is 0 Å². The number of hydrogen-bond donors (Lipinski definition) is 1. The van der Waals surface area contributed by atoms with Gasteiger partial charge in [0.15, 0.2) is 0 Å². The molecule has 2 aromatic rings. The van der Waals surface area contributed by atoms with Crippen LogP contribution in [-0.4, -0.2) is 16.3 Å². The van der Waals surface area contributed by atoms with Gasteiger partial charge < -0.3 is 5.32 Å². The first-order valence-corrected chi connectivity index (χ1v) is 7.36. The highest BCUT2D eigenvalue weighted by Crippen LogP contribution is 2.30. The fraction of sp³-hybridized carbons (Fsp3) is 0.308. The van der Waals surface area contributed by atoms with Crippen LogP contribution in [0, 0.1) is 9.39 Å². The number of benzene rings is 1. The van der Waals surface area contributed by atoms with E-state index in [-0.39, 0.29) is 11.9 Å². The topological polar surface area (TPSA) is 29.9 Å². The van der Waals surface area contributed by atoms with Crippen molar-refractivity contribution in [1.82, 2.24) is 15.1 Å². The number of halogens is 3. The van der Waals surface area contributed by atoms with Crippen LogP contribution in [0.5, 0.6) is 0 Å². The molecule has 0 bridgehead atoms. The van der Waals surface area contributed by atoms with Crippen LogP contribution in [0.4, 0.5) is 4.39 Å². The van der Waals surface area contributed by atoms with E-state index in [1.54, 1.807) is 16.9 Å². The third kappa shape index (κ3) is 3.09. The van der Waals surface area contributed by atoms with Crippen molar-refractivity contribution in [2.75, 3.05) is 6.54 Å². The molecule has 0 aliphatic carbocycles. The molecule has 1 unspecified atom stereocenters. The number of aryl methyl sites for hydroxylation is 1. The van der Waals surface area contributed by atoms with Crippen LogP contribution < -0.4 is 5.32 Å². The van der Waals surface area contributed by atoms with Gasteiger partial charge in [0.05, 0.1) is 23.0 Å². The summed E-state index contributed by atoms with van der Waals surface area (Å²) in [6.45, 7) is 2.80. The molecule has 0 saturated carbocycles. The molecule has 0 radical (unpaired) electrons. The smallest absolute Gasteiger partial charge is 0.124 e. The van der Waals surface area contributed by atoms with Gasteiger partial charge in [0, 0.05) is 10.6 Å². The predicted molar refractivity (Wildman–Crippen MR) is 82.9 cm³/mol. The zero-order valence-corrected chi connectivity index (χ0v) is 13.5. The SMILES string of the molecule is CCNC(c1ccc(F)cc1I)c1c(Cl)cnn1C. The molecular formula is C13H14ClFIN3. The Hall–Kier alpha value is -0.660. The first-order chi connectivity index (χ1) is 9.04. The maximum Gasteiger partial charge on any atom is 0.124 e. The fourth-order valence-electron chi connectivity index (χ4n) is 2.04. The normalized spacial score (nSPS) is 12.7. The summed E-state index contributed by atoms with van der Waals surface area (Å²) in [6.07, 6.45) is 1.62. The van der Waals surface area contributed by atoms with E-state index in [2.05, 4.69) is 33.0 Å². The lowest BCUT2D eigenvalue weighted by molar-refractivity contribution is 0.568. The Kier molecular flexibility index (Phi) is 4.81. The zero-order chi connectivity index (χ0) is 14.0. The number of rotatable bonds is 4. The largest absolute Gasteiger partial charge is 0.305 e. The Morgan fingerprint density at radius 2 is 2.26 bits per heavy atom. The minimum atomic E-state index is -0.237. The molecule has 0 fully saturated rings. The summed E-state index contributed by atoms with van der Waals surface area (Å²) in [7, 11) is 1.85. The summed E-state index contributed by atoms with van der Waals surface area (Å²) < 4.78 is 15.8. The summed E-state index contributed by atoms with van der Waals surface area (Å²) >= 11 is 8.35. The molecule has 1 N–H and O–H groups in total. The molecule has 19 heavy (non-hydrogen) atoms. The van der Waals surface area contributed by atoms with Crippen LogP contribution in [0.1, 0.15) is 24.2 Å². The minimum absolute atomic E-state index is 0.0995. The zero-order valence-electron chi connectivity index (χ0n) is 10.6. The van der Waals surface area contributed by atoms with Gasteiger partial charge >= 0.3 is 0 Å². The van der Waals surface area contributed by atoms with Crippen molar-refractivity contribution in [2.45, 2.75) is 13.0 Å². The lowest BCUT2D eigenvalue weighted by Crippen LogP contribution is -2.25. The Bertz CT molecular complexity index is 566. The Morgan fingerprint density at radius 3 is 2.79 bits per heavy atom. The second-order valence-corrected chi connectivity index (χ2v) is 5.73. The second kappa shape index (κ2) is 6.19. The van der Waals surface area contributed by atoms with E-state index in [1.165, 1.54) is 12.1 Å². The Labute approximate surface area is 130 Å². The molecule has 0 saturated heterocycles. The lowest BCUT2D eigenvalue weighted by Gasteiger charge is -2.20. The van der Waals surface area contributed by atoms with Gasteiger partial charge in [0.1, 0.15) is 5.82 Å². The summed E-state index contributed by atoms with van der Waals surface area (Å²) in [5.41, 5.74) is 1.88. The molecular weight excluding hydrogens is 380 g/mol. The van der Waals surface area contributed by atoms with Crippen molar-refractivity contribution in [1.29, 1.82) is 0 Å². The standard InChI is InChI=1S/C13H14ClFIN3/c1-3-17-12(13-10(14)7-18-19(13)2)9-5-4-8(15)6-11(9)16/h4-7,12,17H,3H2,1-2H3. The van der Waals surface area contributed by atoms with Crippen LogP contribution >= 0.6 is 34.2 Å². The van der Waals surface area contributed by atoms with Crippen molar-refractivity contribution in [3.8, 4) is 0 Å². The quantitative estimate of drug-likeness (QED) is 0.806. The van der Waals surface area contributed by atoms with Gasteiger partial charge in [-0.15, -0.1) is 0 Å².